The van der Waals surface area contributed by atoms with Crippen LogP contribution in [0.4, 0.5) is 0 Å². The molecule has 1 saturated heterocycles. The Morgan fingerprint density at radius 2 is 2.17 bits per heavy atom. The minimum Gasteiger partial charge on any atom is -0.375 e. The Hall–Kier alpha value is -0.123. The van der Waals surface area contributed by atoms with E-state index in [9.17, 15) is 0 Å². The van der Waals surface area contributed by atoms with Gasteiger partial charge in [0.15, 0.2) is 0 Å². The van der Waals surface area contributed by atoms with Gasteiger partial charge in [0.05, 0.1) is 27.9 Å². The molecule has 0 amide bonds. The van der Waals surface area contributed by atoms with Crippen LogP contribution in [0.2, 0.25) is 19.6 Å². The summed E-state index contributed by atoms with van der Waals surface area (Å²) in [5.74, 6) is 0. The summed E-state index contributed by atoms with van der Waals surface area (Å²) in [6.07, 6.45) is 2.53. The molecule has 1 rings (SSSR count). The number of hydrogen-bond donors (Lipinski definition) is 0. The highest BCUT2D eigenvalue weighted by Gasteiger charge is 2.21. The molecule has 0 saturated carbocycles. The fourth-order valence-electron chi connectivity index (χ4n) is 0.833. The minimum absolute atomic E-state index is 0.394. The number of hydrogen-bond acceptors (Lipinski definition) is 2. The van der Waals surface area contributed by atoms with Gasteiger partial charge in [0, 0.05) is 0 Å². The lowest BCUT2D eigenvalue weighted by Crippen LogP contribution is -2.15. The third-order valence-corrected chi connectivity index (χ3v) is 2.77. The lowest BCUT2D eigenvalue weighted by Gasteiger charge is -2.07. The van der Waals surface area contributed by atoms with E-state index in [0.717, 1.165) is 19.8 Å². The zero-order valence-electron chi connectivity index (χ0n) is 8.17. The highest BCUT2D eigenvalue weighted by atomic mass is 28.3. The van der Waals surface area contributed by atoms with Crippen LogP contribution in [0.15, 0.2) is 11.8 Å². The molecule has 1 heterocycles. The fourth-order valence-corrected chi connectivity index (χ4v) is 1.64. The van der Waals surface area contributed by atoms with Crippen molar-refractivity contribution in [3.05, 3.63) is 11.8 Å². The monoisotopic (exact) mass is 186 g/mol. The van der Waals surface area contributed by atoms with E-state index in [0.29, 0.717) is 6.10 Å². The molecule has 2 nitrogen and oxygen atoms in total. The molecule has 0 bridgehead atoms. The first-order valence-electron chi connectivity index (χ1n) is 4.45. The van der Waals surface area contributed by atoms with E-state index in [4.69, 9.17) is 9.47 Å². The van der Waals surface area contributed by atoms with Crippen LogP contribution in [0.1, 0.15) is 0 Å². The van der Waals surface area contributed by atoms with Crippen molar-refractivity contribution < 1.29 is 9.47 Å². The molecule has 1 unspecified atom stereocenters. The predicted molar refractivity (Wildman–Crippen MR) is 53.0 cm³/mol. The zero-order valence-corrected chi connectivity index (χ0v) is 9.17. The molecule has 3 heteroatoms. The van der Waals surface area contributed by atoms with Crippen LogP contribution in [-0.2, 0) is 9.47 Å². The summed E-state index contributed by atoms with van der Waals surface area (Å²) in [7, 11) is -1.01. The molecule has 1 aliphatic heterocycles. The molecule has 0 aromatic carbocycles. The normalized spacial score (nSPS) is 23.4. The summed E-state index contributed by atoms with van der Waals surface area (Å²) < 4.78 is 10.4. The van der Waals surface area contributed by atoms with E-state index in [1.165, 1.54) is 0 Å². The number of ether oxygens (including phenoxy) is 2. The van der Waals surface area contributed by atoms with Crippen LogP contribution in [-0.4, -0.2) is 34.0 Å². The summed E-state index contributed by atoms with van der Waals surface area (Å²) in [5, 5.41) is 0. The maximum absolute atomic E-state index is 5.36. The van der Waals surface area contributed by atoms with Gasteiger partial charge < -0.3 is 9.47 Å². The van der Waals surface area contributed by atoms with Crippen molar-refractivity contribution in [2.45, 2.75) is 25.7 Å². The standard InChI is InChI=1S/C9H18O2Si/c1-12(2,3)6-4-5-10-7-9-8-11-9/h4,6,9H,5,7-8H2,1-3H3. The average molecular weight is 186 g/mol. The second-order valence-corrected chi connectivity index (χ2v) is 9.33. The average Bonchev–Trinajstić information content (AvgIpc) is 2.68. The Bertz CT molecular complexity index is 156. The van der Waals surface area contributed by atoms with Gasteiger partial charge in [-0.1, -0.05) is 31.4 Å². The van der Waals surface area contributed by atoms with Crippen LogP contribution in [0.5, 0.6) is 0 Å². The van der Waals surface area contributed by atoms with Gasteiger partial charge in [-0.15, -0.1) is 0 Å². The topological polar surface area (TPSA) is 21.8 Å². The Kier molecular flexibility index (Phi) is 3.49. The van der Waals surface area contributed by atoms with Crippen molar-refractivity contribution in [3.63, 3.8) is 0 Å². The third kappa shape index (κ3) is 5.52. The summed E-state index contributed by atoms with van der Waals surface area (Å²) in [4.78, 5) is 0. The van der Waals surface area contributed by atoms with E-state index in [1.54, 1.807) is 0 Å². The van der Waals surface area contributed by atoms with Gasteiger partial charge in [0.25, 0.3) is 0 Å². The fraction of sp³-hybridized carbons (Fsp3) is 0.778. The first kappa shape index (κ1) is 9.96. The Labute approximate surface area is 75.6 Å². The van der Waals surface area contributed by atoms with Gasteiger partial charge in [0.2, 0.25) is 0 Å². The van der Waals surface area contributed by atoms with E-state index in [2.05, 4.69) is 31.4 Å². The van der Waals surface area contributed by atoms with Gasteiger partial charge in [-0.25, -0.2) is 0 Å². The third-order valence-electron chi connectivity index (χ3n) is 1.54. The minimum atomic E-state index is -1.01. The van der Waals surface area contributed by atoms with Crippen molar-refractivity contribution in [3.8, 4) is 0 Å². The predicted octanol–water partition coefficient (Wildman–Crippen LogP) is 1.84. The molecule has 0 N–H and O–H groups in total. The molecule has 0 aromatic heterocycles. The molecule has 70 valence electrons. The first-order valence-corrected chi connectivity index (χ1v) is 8.03. The van der Waals surface area contributed by atoms with Crippen molar-refractivity contribution in [1.82, 2.24) is 0 Å². The molecule has 0 spiro atoms. The van der Waals surface area contributed by atoms with Crippen LogP contribution < -0.4 is 0 Å². The smallest absolute Gasteiger partial charge is 0.104 e. The van der Waals surface area contributed by atoms with Gasteiger partial charge in [-0.05, 0) is 0 Å². The lowest BCUT2D eigenvalue weighted by atomic mass is 10.5. The van der Waals surface area contributed by atoms with E-state index < -0.39 is 8.07 Å². The highest BCUT2D eigenvalue weighted by molar-refractivity contribution is 6.80. The van der Waals surface area contributed by atoms with E-state index >= 15 is 0 Å². The number of rotatable bonds is 5. The Balaban J connectivity index is 1.96. The van der Waals surface area contributed by atoms with Crippen molar-refractivity contribution in [1.29, 1.82) is 0 Å². The van der Waals surface area contributed by atoms with Gasteiger partial charge in [-0.3, -0.25) is 0 Å². The van der Waals surface area contributed by atoms with Crippen molar-refractivity contribution in [2.24, 2.45) is 0 Å². The lowest BCUT2D eigenvalue weighted by molar-refractivity contribution is 0.141. The molecular weight excluding hydrogens is 168 g/mol. The SMILES string of the molecule is C[Si](C)(C)C=CCOCC1CO1. The maximum Gasteiger partial charge on any atom is 0.104 e. The summed E-state index contributed by atoms with van der Waals surface area (Å²) >= 11 is 0. The Morgan fingerprint density at radius 3 is 2.67 bits per heavy atom. The molecule has 0 aliphatic carbocycles. The largest absolute Gasteiger partial charge is 0.375 e. The summed E-state index contributed by atoms with van der Waals surface area (Å²) in [6, 6.07) is 0. The van der Waals surface area contributed by atoms with Gasteiger partial charge >= 0.3 is 0 Å². The van der Waals surface area contributed by atoms with E-state index in [1.807, 2.05) is 0 Å². The van der Waals surface area contributed by atoms with E-state index in [-0.39, 0.29) is 0 Å². The maximum atomic E-state index is 5.36. The first-order chi connectivity index (χ1) is 5.58. The quantitative estimate of drug-likeness (QED) is 0.371. The molecule has 0 radical (unpaired) electrons. The van der Waals surface area contributed by atoms with Gasteiger partial charge in [0.1, 0.15) is 6.10 Å². The second-order valence-electron chi connectivity index (χ2n) is 4.26. The molecule has 1 atom stereocenters. The second kappa shape index (κ2) is 4.21. The van der Waals surface area contributed by atoms with Crippen molar-refractivity contribution >= 4 is 8.07 Å². The van der Waals surface area contributed by atoms with Crippen molar-refractivity contribution in [2.75, 3.05) is 19.8 Å². The molecular formula is C9H18O2Si. The zero-order chi connectivity index (χ0) is 9.03. The molecule has 0 aromatic rings. The summed E-state index contributed by atoms with van der Waals surface area (Å²) in [6.45, 7) is 9.33. The molecule has 1 aliphatic rings. The summed E-state index contributed by atoms with van der Waals surface area (Å²) in [5.41, 5.74) is 2.31. The van der Waals surface area contributed by atoms with Crippen LogP contribution in [0, 0.1) is 0 Å². The van der Waals surface area contributed by atoms with Crippen LogP contribution in [0.3, 0.4) is 0 Å². The Morgan fingerprint density at radius 1 is 1.50 bits per heavy atom. The number of epoxide rings is 1. The molecule has 1 fully saturated rings. The van der Waals surface area contributed by atoms with Crippen LogP contribution in [0.25, 0.3) is 0 Å². The van der Waals surface area contributed by atoms with Crippen LogP contribution >= 0.6 is 0 Å². The van der Waals surface area contributed by atoms with Gasteiger partial charge in [-0.2, -0.15) is 0 Å². The highest BCUT2D eigenvalue weighted by Crippen LogP contribution is 2.08. The molecule has 12 heavy (non-hydrogen) atoms.